The number of nitrogens with two attached hydrogens (primary N) is 1. The van der Waals surface area contributed by atoms with Gasteiger partial charge in [0.25, 0.3) is 0 Å². The van der Waals surface area contributed by atoms with E-state index >= 15 is 0 Å². The van der Waals surface area contributed by atoms with E-state index in [0.717, 1.165) is 6.42 Å². The number of nitrogens with zero attached hydrogens (tertiary/aromatic N) is 1. The second-order valence-electron chi connectivity index (χ2n) is 4.55. The monoisotopic (exact) mass is 256 g/mol. The highest BCUT2D eigenvalue weighted by molar-refractivity contribution is 5.99. The summed E-state index contributed by atoms with van der Waals surface area (Å²) in [6, 6.07) is 5.50. The summed E-state index contributed by atoms with van der Waals surface area (Å²) < 4.78 is 10.8. The zero-order chi connectivity index (χ0) is 13.4. The van der Waals surface area contributed by atoms with Crippen molar-refractivity contribution in [1.29, 1.82) is 5.26 Å². The molecule has 5 heteroatoms. The van der Waals surface area contributed by atoms with Crippen LogP contribution in [-0.4, -0.2) is 5.78 Å². The van der Waals surface area contributed by atoms with Crippen LogP contribution in [0.3, 0.4) is 0 Å². The molecule has 3 rings (SSSR count). The van der Waals surface area contributed by atoms with Crippen molar-refractivity contribution in [3.63, 3.8) is 0 Å². The lowest BCUT2D eigenvalue weighted by Gasteiger charge is -2.29. The molecule has 0 unspecified atom stereocenters. The second kappa shape index (κ2) is 4.32. The summed E-state index contributed by atoms with van der Waals surface area (Å²) in [5, 5.41) is 9.26. The van der Waals surface area contributed by atoms with Crippen LogP contribution in [0.25, 0.3) is 0 Å². The molecule has 0 spiro atoms. The average molecular weight is 256 g/mol. The van der Waals surface area contributed by atoms with Crippen molar-refractivity contribution in [2.24, 2.45) is 5.73 Å². The van der Waals surface area contributed by atoms with E-state index in [1.54, 1.807) is 12.1 Å². The maximum atomic E-state index is 12.1. The molecule has 0 fully saturated rings. The molecule has 96 valence electrons. The van der Waals surface area contributed by atoms with Gasteiger partial charge in [0.15, 0.2) is 5.78 Å². The van der Waals surface area contributed by atoms with Gasteiger partial charge in [-0.1, -0.05) is 0 Å². The van der Waals surface area contributed by atoms with Crippen LogP contribution in [0.4, 0.5) is 0 Å². The van der Waals surface area contributed by atoms with Gasteiger partial charge in [-0.3, -0.25) is 4.79 Å². The zero-order valence-corrected chi connectivity index (χ0v) is 10.2. The minimum Gasteiger partial charge on any atom is -0.468 e. The quantitative estimate of drug-likeness (QED) is 0.831. The van der Waals surface area contributed by atoms with Crippen molar-refractivity contribution in [3.05, 3.63) is 46.9 Å². The van der Waals surface area contributed by atoms with Crippen LogP contribution in [0, 0.1) is 11.3 Å². The number of furan rings is 1. The van der Waals surface area contributed by atoms with Crippen LogP contribution in [-0.2, 0) is 9.53 Å². The molecule has 1 aromatic rings. The third-order valence-corrected chi connectivity index (χ3v) is 3.43. The fourth-order valence-corrected chi connectivity index (χ4v) is 2.60. The molecular formula is C14H12N2O3. The van der Waals surface area contributed by atoms with Crippen molar-refractivity contribution in [2.45, 2.75) is 25.2 Å². The normalized spacial score (nSPS) is 22.9. The standard InChI is InChI=1S/C14H12N2O3/c15-7-8-12(10-5-2-6-18-10)13-9(17)3-1-4-11(13)19-14(8)16/h2,5-6,12H,1,3-4,16H2/t12-/m0/s1. The topological polar surface area (TPSA) is 89.3 Å². The van der Waals surface area contributed by atoms with Crippen LogP contribution in [0.5, 0.6) is 0 Å². The molecule has 2 heterocycles. The fraction of sp³-hybridized carbons (Fsp3) is 0.286. The van der Waals surface area contributed by atoms with Crippen molar-refractivity contribution in [1.82, 2.24) is 0 Å². The van der Waals surface area contributed by atoms with Crippen LogP contribution >= 0.6 is 0 Å². The van der Waals surface area contributed by atoms with E-state index in [2.05, 4.69) is 0 Å². The number of rotatable bonds is 1. The molecule has 2 aliphatic rings. The highest BCUT2D eigenvalue weighted by atomic mass is 16.5. The maximum absolute atomic E-state index is 12.1. The third-order valence-electron chi connectivity index (χ3n) is 3.43. The molecule has 0 radical (unpaired) electrons. The number of ketones is 1. The van der Waals surface area contributed by atoms with Crippen LogP contribution in [0.1, 0.15) is 30.9 Å². The van der Waals surface area contributed by atoms with E-state index < -0.39 is 5.92 Å². The summed E-state index contributed by atoms with van der Waals surface area (Å²) in [7, 11) is 0. The molecule has 19 heavy (non-hydrogen) atoms. The van der Waals surface area contributed by atoms with E-state index in [0.29, 0.717) is 29.9 Å². The predicted molar refractivity (Wildman–Crippen MR) is 65.2 cm³/mol. The first-order valence-electron chi connectivity index (χ1n) is 6.09. The zero-order valence-electron chi connectivity index (χ0n) is 10.2. The second-order valence-corrected chi connectivity index (χ2v) is 4.55. The van der Waals surface area contributed by atoms with E-state index in [-0.39, 0.29) is 17.2 Å². The van der Waals surface area contributed by atoms with Gasteiger partial charge in [0, 0.05) is 18.4 Å². The van der Waals surface area contributed by atoms with Gasteiger partial charge >= 0.3 is 0 Å². The van der Waals surface area contributed by atoms with Crippen LogP contribution < -0.4 is 5.73 Å². The Morgan fingerprint density at radius 2 is 2.26 bits per heavy atom. The Bertz CT molecular complexity index is 632. The van der Waals surface area contributed by atoms with Gasteiger partial charge < -0.3 is 14.9 Å². The van der Waals surface area contributed by atoms with Gasteiger partial charge in [0.05, 0.1) is 12.2 Å². The summed E-state index contributed by atoms with van der Waals surface area (Å²) >= 11 is 0. The smallest absolute Gasteiger partial charge is 0.205 e. The van der Waals surface area contributed by atoms with Crippen molar-refractivity contribution in [3.8, 4) is 6.07 Å². The fourth-order valence-electron chi connectivity index (χ4n) is 2.60. The number of hydrogen-bond acceptors (Lipinski definition) is 5. The maximum Gasteiger partial charge on any atom is 0.205 e. The Labute approximate surface area is 109 Å². The van der Waals surface area contributed by atoms with Gasteiger partial charge in [-0.25, -0.2) is 0 Å². The van der Waals surface area contributed by atoms with Crippen molar-refractivity contribution in [2.75, 3.05) is 0 Å². The molecule has 1 aliphatic carbocycles. The van der Waals surface area contributed by atoms with Crippen LogP contribution in [0.15, 0.2) is 45.6 Å². The third kappa shape index (κ3) is 1.73. The molecule has 0 aromatic carbocycles. The first-order valence-corrected chi connectivity index (χ1v) is 6.09. The largest absolute Gasteiger partial charge is 0.468 e. The lowest BCUT2D eigenvalue weighted by atomic mass is 9.80. The van der Waals surface area contributed by atoms with Crippen molar-refractivity contribution >= 4 is 5.78 Å². The summed E-state index contributed by atoms with van der Waals surface area (Å²) in [4.78, 5) is 12.1. The van der Waals surface area contributed by atoms with E-state index in [1.165, 1.54) is 6.26 Å². The minimum absolute atomic E-state index is 0.00269. The highest BCUT2D eigenvalue weighted by Gasteiger charge is 2.39. The van der Waals surface area contributed by atoms with Crippen LogP contribution in [0.2, 0.25) is 0 Å². The first-order chi connectivity index (χ1) is 9.22. The Morgan fingerprint density at radius 3 is 2.95 bits per heavy atom. The summed E-state index contributed by atoms with van der Waals surface area (Å²) in [6.07, 6.45) is 3.40. The molecule has 5 nitrogen and oxygen atoms in total. The Hall–Kier alpha value is -2.48. The van der Waals surface area contributed by atoms with E-state index in [4.69, 9.17) is 14.9 Å². The number of allylic oxidation sites excluding steroid dienone is 3. The molecular weight excluding hydrogens is 244 g/mol. The number of ether oxygens (including phenoxy) is 1. The summed E-state index contributed by atoms with van der Waals surface area (Å²) in [6.45, 7) is 0. The van der Waals surface area contributed by atoms with E-state index in [1.807, 2.05) is 6.07 Å². The number of hydrogen-bond donors (Lipinski definition) is 1. The molecule has 1 aromatic heterocycles. The van der Waals surface area contributed by atoms with Gasteiger partial charge in [0.1, 0.15) is 23.2 Å². The van der Waals surface area contributed by atoms with Gasteiger partial charge in [0.2, 0.25) is 5.88 Å². The Balaban J connectivity index is 2.18. The number of carbonyl (C=O) groups excluding carboxylic acids is 1. The molecule has 1 atom stereocenters. The number of carbonyl (C=O) groups is 1. The van der Waals surface area contributed by atoms with Gasteiger partial charge in [-0.05, 0) is 18.6 Å². The minimum atomic E-state index is -0.531. The van der Waals surface area contributed by atoms with E-state index in [9.17, 15) is 10.1 Å². The lowest BCUT2D eigenvalue weighted by molar-refractivity contribution is -0.116. The Kier molecular flexibility index (Phi) is 2.64. The molecule has 2 N–H and O–H groups in total. The number of Topliss-reactive ketones (excluding diaryl/α,β-unsaturated/α-hetero) is 1. The van der Waals surface area contributed by atoms with Gasteiger partial charge in [-0.2, -0.15) is 5.26 Å². The SMILES string of the molecule is N#CC1=C(N)OC2=C(C(=O)CCC2)[C@@H]1c1ccco1. The van der Waals surface area contributed by atoms with Gasteiger partial charge in [-0.15, -0.1) is 0 Å². The lowest BCUT2D eigenvalue weighted by Crippen LogP contribution is -2.27. The first kappa shape index (κ1) is 11.6. The predicted octanol–water partition coefficient (Wildman–Crippen LogP) is 2.09. The average Bonchev–Trinajstić information content (AvgIpc) is 2.91. The highest BCUT2D eigenvalue weighted by Crippen LogP contribution is 2.43. The molecule has 0 saturated carbocycles. The molecule has 1 aliphatic heterocycles. The number of nitriles is 1. The summed E-state index contributed by atoms with van der Waals surface area (Å²) in [5.41, 5.74) is 6.55. The molecule has 0 amide bonds. The Morgan fingerprint density at radius 1 is 1.42 bits per heavy atom. The van der Waals surface area contributed by atoms with Crippen molar-refractivity contribution < 1.29 is 13.9 Å². The molecule has 0 bridgehead atoms. The summed E-state index contributed by atoms with van der Waals surface area (Å²) in [5.74, 6) is 0.663. The molecule has 0 saturated heterocycles.